The van der Waals surface area contributed by atoms with Gasteiger partial charge in [-0.1, -0.05) is 12.1 Å². The first-order chi connectivity index (χ1) is 12.0. The van der Waals surface area contributed by atoms with E-state index in [-0.39, 0.29) is 11.6 Å². The summed E-state index contributed by atoms with van der Waals surface area (Å²) in [6.07, 6.45) is 3.04. The van der Waals surface area contributed by atoms with Crippen molar-refractivity contribution in [2.75, 3.05) is 7.05 Å². The fraction of sp³-hybridized carbons (Fsp3) is 0.167. The van der Waals surface area contributed by atoms with E-state index in [4.69, 9.17) is 0 Å². The zero-order valence-electron chi connectivity index (χ0n) is 13.7. The molecule has 0 N–H and O–H groups in total. The largest absolute Gasteiger partial charge is 0.335 e. The third-order valence-corrected chi connectivity index (χ3v) is 4.07. The fourth-order valence-corrected chi connectivity index (χ4v) is 2.53. The molecule has 1 atom stereocenters. The molecule has 1 amide bonds. The van der Waals surface area contributed by atoms with Gasteiger partial charge in [-0.25, -0.2) is 18.4 Å². The van der Waals surface area contributed by atoms with E-state index < -0.39 is 17.5 Å². The van der Waals surface area contributed by atoms with Crippen LogP contribution >= 0.6 is 0 Å². The molecule has 25 heavy (non-hydrogen) atoms. The van der Waals surface area contributed by atoms with E-state index in [9.17, 15) is 13.6 Å². The van der Waals surface area contributed by atoms with Crippen molar-refractivity contribution >= 4 is 5.91 Å². The van der Waals surface area contributed by atoms with Crippen molar-refractivity contribution in [1.82, 2.24) is 19.7 Å². The Balaban J connectivity index is 1.79. The Hall–Kier alpha value is -3.09. The maximum atomic E-state index is 13.3. The second-order valence-electron chi connectivity index (χ2n) is 5.68. The Morgan fingerprint density at radius 1 is 1.12 bits per heavy atom. The highest BCUT2D eigenvalue weighted by atomic mass is 19.1. The van der Waals surface area contributed by atoms with Crippen LogP contribution in [0.2, 0.25) is 0 Å². The Labute approximate surface area is 143 Å². The molecule has 1 aromatic heterocycles. The number of aromatic nitrogens is 3. The molecule has 0 aliphatic carbocycles. The van der Waals surface area contributed by atoms with Gasteiger partial charge >= 0.3 is 0 Å². The van der Waals surface area contributed by atoms with Gasteiger partial charge in [0.2, 0.25) is 0 Å². The molecule has 0 bridgehead atoms. The predicted octanol–water partition coefficient (Wildman–Crippen LogP) is 3.38. The van der Waals surface area contributed by atoms with E-state index in [0.29, 0.717) is 0 Å². The van der Waals surface area contributed by atoms with Crippen LogP contribution in [-0.2, 0) is 0 Å². The number of carbonyl (C=O) groups is 1. The van der Waals surface area contributed by atoms with Crippen LogP contribution in [0, 0.1) is 11.6 Å². The molecule has 0 radical (unpaired) electrons. The maximum Gasteiger partial charge on any atom is 0.254 e. The van der Waals surface area contributed by atoms with Crippen LogP contribution < -0.4 is 0 Å². The second-order valence-corrected chi connectivity index (χ2v) is 5.68. The van der Waals surface area contributed by atoms with E-state index >= 15 is 0 Å². The van der Waals surface area contributed by atoms with Crippen molar-refractivity contribution < 1.29 is 13.6 Å². The molecule has 1 unspecified atom stereocenters. The number of hydrogen-bond acceptors (Lipinski definition) is 3. The Morgan fingerprint density at radius 3 is 2.32 bits per heavy atom. The van der Waals surface area contributed by atoms with Gasteiger partial charge in [0.25, 0.3) is 5.91 Å². The standard InChI is InChI=1S/C18H16F2N4O/c1-12(13-3-5-17(6-4-13)24-11-21-10-22-24)23(2)18(25)14-7-15(19)9-16(20)8-14/h3-12H,1-2H3. The van der Waals surface area contributed by atoms with Gasteiger partial charge in [-0.3, -0.25) is 4.79 Å². The first kappa shape index (κ1) is 16.8. The third kappa shape index (κ3) is 3.55. The van der Waals surface area contributed by atoms with Crippen LogP contribution in [-0.4, -0.2) is 32.6 Å². The van der Waals surface area contributed by atoms with Crippen LogP contribution in [0.3, 0.4) is 0 Å². The molecular weight excluding hydrogens is 326 g/mol. The van der Waals surface area contributed by atoms with Crippen molar-refractivity contribution in [3.8, 4) is 5.69 Å². The first-order valence-electron chi connectivity index (χ1n) is 7.64. The average molecular weight is 342 g/mol. The highest BCUT2D eigenvalue weighted by Crippen LogP contribution is 2.22. The van der Waals surface area contributed by atoms with Gasteiger partial charge in [-0.15, -0.1) is 0 Å². The van der Waals surface area contributed by atoms with Crippen LogP contribution in [0.15, 0.2) is 55.1 Å². The van der Waals surface area contributed by atoms with Gasteiger partial charge in [-0.2, -0.15) is 5.10 Å². The molecule has 5 nitrogen and oxygen atoms in total. The molecule has 128 valence electrons. The lowest BCUT2D eigenvalue weighted by Crippen LogP contribution is -2.29. The number of nitrogens with zero attached hydrogens (tertiary/aromatic N) is 4. The summed E-state index contributed by atoms with van der Waals surface area (Å²) in [7, 11) is 1.60. The molecule has 3 rings (SSSR count). The SMILES string of the molecule is CC(c1ccc(-n2cncn2)cc1)N(C)C(=O)c1cc(F)cc(F)c1. The van der Waals surface area contributed by atoms with Crippen molar-refractivity contribution in [2.24, 2.45) is 0 Å². The fourth-order valence-electron chi connectivity index (χ4n) is 2.53. The van der Waals surface area contributed by atoms with Crippen molar-refractivity contribution in [3.05, 3.63) is 77.9 Å². The van der Waals surface area contributed by atoms with E-state index in [0.717, 1.165) is 29.4 Å². The number of rotatable bonds is 4. The minimum Gasteiger partial charge on any atom is -0.335 e. The topological polar surface area (TPSA) is 51.0 Å². The number of amides is 1. The van der Waals surface area contributed by atoms with Crippen LogP contribution in [0.5, 0.6) is 0 Å². The van der Waals surface area contributed by atoms with Crippen molar-refractivity contribution in [2.45, 2.75) is 13.0 Å². The van der Waals surface area contributed by atoms with Crippen molar-refractivity contribution in [1.29, 1.82) is 0 Å². The molecule has 0 aliphatic rings. The minimum atomic E-state index is -0.776. The van der Waals surface area contributed by atoms with E-state index in [1.165, 1.54) is 11.2 Å². The first-order valence-corrected chi connectivity index (χ1v) is 7.64. The number of benzene rings is 2. The van der Waals surface area contributed by atoms with Gasteiger partial charge in [0.1, 0.15) is 24.3 Å². The lowest BCUT2D eigenvalue weighted by Gasteiger charge is -2.25. The van der Waals surface area contributed by atoms with Gasteiger partial charge in [0.05, 0.1) is 11.7 Å². The smallest absolute Gasteiger partial charge is 0.254 e. The van der Waals surface area contributed by atoms with Crippen LogP contribution in [0.1, 0.15) is 28.9 Å². The molecule has 0 spiro atoms. The summed E-state index contributed by atoms with van der Waals surface area (Å²) in [4.78, 5) is 17.8. The highest BCUT2D eigenvalue weighted by Gasteiger charge is 2.20. The van der Waals surface area contributed by atoms with E-state index in [1.54, 1.807) is 18.1 Å². The Morgan fingerprint density at radius 2 is 1.76 bits per heavy atom. The maximum absolute atomic E-state index is 13.3. The van der Waals surface area contributed by atoms with Gasteiger partial charge in [0, 0.05) is 18.7 Å². The number of carbonyl (C=O) groups excluding carboxylic acids is 1. The summed E-state index contributed by atoms with van der Waals surface area (Å²) in [6, 6.07) is 9.99. The van der Waals surface area contributed by atoms with Crippen LogP contribution in [0.25, 0.3) is 5.69 Å². The molecule has 0 fully saturated rings. The molecule has 0 aliphatic heterocycles. The quantitative estimate of drug-likeness (QED) is 0.730. The van der Waals surface area contributed by atoms with Crippen molar-refractivity contribution in [3.63, 3.8) is 0 Å². The molecule has 2 aromatic carbocycles. The summed E-state index contributed by atoms with van der Waals surface area (Å²) in [6.45, 7) is 1.85. The molecule has 0 saturated carbocycles. The van der Waals surface area contributed by atoms with Gasteiger partial charge in [0.15, 0.2) is 0 Å². The molecule has 1 heterocycles. The Bertz CT molecular complexity index is 858. The summed E-state index contributed by atoms with van der Waals surface area (Å²) in [5.41, 5.74) is 1.71. The summed E-state index contributed by atoms with van der Waals surface area (Å²) in [5, 5.41) is 4.05. The lowest BCUT2D eigenvalue weighted by molar-refractivity contribution is 0.0741. The van der Waals surface area contributed by atoms with Crippen LogP contribution in [0.4, 0.5) is 8.78 Å². The zero-order valence-corrected chi connectivity index (χ0v) is 13.7. The normalized spacial score (nSPS) is 12.0. The zero-order chi connectivity index (χ0) is 18.0. The average Bonchev–Trinajstić information content (AvgIpc) is 3.14. The summed E-state index contributed by atoms with van der Waals surface area (Å²) < 4.78 is 28.3. The minimum absolute atomic E-state index is 0.0221. The second kappa shape index (κ2) is 6.80. The lowest BCUT2D eigenvalue weighted by atomic mass is 10.1. The molecule has 7 heteroatoms. The van der Waals surface area contributed by atoms with E-state index in [1.807, 2.05) is 31.2 Å². The number of halogens is 2. The molecular formula is C18H16F2N4O. The number of hydrogen-bond donors (Lipinski definition) is 0. The van der Waals surface area contributed by atoms with Gasteiger partial charge in [-0.05, 0) is 36.8 Å². The third-order valence-electron chi connectivity index (χ3n) is 4.07. The molecule has 3 aromatic rings. The molecule has 0 saturated heterocycles. The predicted molar refractivity (Wildman–Crippen MR) is 88.2 cm³/mol. The summed E-state index contributed by atoms with van der Waals surface area (Å²) >= 11 is 0. The van der Waals surface area contributed by atoms with E-state index in [2.05, 4.69) is 10.1 Å². The summed E-state index contributed by atoms with van der Waals surface area (Å²) in [5.74, 6) is -2.01. The monoisotopic (exact) mass is 342 g/mol. The van der Waals surface area contributed by atoms with Gasteiger partial charge < -0.3 is 4.90 Å². The Kier molecular flexibility index (Phi) is 4.56. The highest BCUT2D eigenvalue weighted by molar-refractivity contribution is 5.94.